The van der Waals surface area contributed by atoms with Gasteiger partial charge in [-0.1, -0.05) is 71.7 Å². The van der Waals surface area contributed by atoms with Gasteiger partial charge in [-0.15, -0.1) is 11.8 Å². The van der Waals surface area contributed by atoms with Crippen molar-refractivity contribution in [3.8, 4) is 0 Å². The SMILES string of the molecule is Cc1cc(CSc2ccccc2)ccc1NC(=O)CN(c1ccc(Cl)c(Cl)c1)S(=O)(=O)c1ccccc1. The van der Waals surface area contributed by atoms with Crippen molar-refractivity contribution in [2.45, 2.75) is 22.5 Å². The Kier molecular flexibility index (Phi) is 8.82. The minimum Gasteiger partial charge on any atom is -0.324 e. The molecule has 190 valence electrons. The largest absolute Gasteiger partial charge is 0.324 e. The van der Waals surface area contributed by atoms with Crippen molar-refractivity contribution in [3.05, 3.63) is 118 Å². The van der Waals surface area contributed by atoms with Crippen molar-refractivity contribution in [1.82, 2.24) is 0 Å². The van der Waals surface area contributed by atoms with Gasteiger partial charge >= 0.3 is 0 Å². The second-order valence-corrected chi connectivity index (χ2v) is 11.9. The summed E-state index contributed by atoms with van der Waals surface area (Å²) in [5.41, 5.74) is 2.85. The molecule has 5 nitrogen and oxygen atoms in total. The number of hydrogen-bond acceptors (Lipinski definition) is 4. The predicted octanol–water partition coefficient (Wildman–Crippen LogP) is 7.43. The average molecular weight is 572 g/mol. The summed E-state index contributed by atoms with van der Waals surface area (Å²) in [6, 6.07) is 28.3. The van der Waals surface area contributed by atoms with Gasteiger partial charge in [0.1, 0.15) is 6.54 Å². The number of aryl methyl sites for hydroxylation is 1. The van der Waals surface area contributed by atoms with E-state index in [1.165, 1.54) is 35.2 Å². The fourth-order valence-electron chi connectivity index (χ4n) is 3.63. The maximum absolute atomic E-state index is 13.5. The summed E-state index contributed by atoms with van der Waals surface area (Å²) in [5.74, 6) is 0.305. The highest BCUT2D eigenvalue weighted by molar-refractivity contribution is 7.98. The topological polar surface area (TPSA) is 66.5 Å². The number of amides is 1. The highest BCUT2D eigenvalue weighted by Gasteiger charge is 2.27. The van der Waals surface area contributed by atoms with Crippen LogP contribution in [0.3, 0.4) is 0 Å². The first-order chi connectivity index (χ1) is 17.7. The standard InChI is InChI=1S/C28H24Cl2N2O3S2/c1-20-16-21(19-36-23-8-4-2-5-9-23)12-15-27(20)31-28(33)18-32(22-13-14-25(29)26(30)17-22)37(34,35)24-10-6-3-7-11-24/h2-17H,18-19H2,1H3,(H,31,33). The van der Waals surface area contributed by atoms with Crippen LogP contribution in [0.5, 0.6) is 0 Å². The molecule has 0 saturated heterocycles. The van der Waals surface area contributed by atoms with Crippen LogP contribution in [0.1, 0.15) is 11.1 Å². The molecule has 0 spiro atoms. The first-order valence-electron chi connectivity index (χ1n) is 11.3. The van der Waals surface area contributed by atoms with E-state index in [0.29, 0.717) is 5.69 Å². The molecule has 0 aliphatic carbocycles. The molecule has 9 heteroatoms. The van der Waals surface area contributed by atoms with E-state index < -0.39 is 22.5 Å². The molecule has 0 heterocycles. The van der Waals surface area contributed by atoms with Gasteiger partial charge in [-0.3, -0.25) is 9.10 Å². The number of anilines is 2. The number of benzene rings is 4. The summed E-state index contributed by atoms with van der Waals surface area (Å²) in [6.07, 6.45) is 0. The Hall–Kier alpha value is -2.97. The van der Waals surface area contributed by atoms with Gasteiger partial charge in [0, 0.05) is 16.3 Å². The summed E-state index contributed by atoms with van der Waals surface area (Å²) in [6.45, 7) is 1.46. The summed E-state index contributed by atoms with van der Waals surface area (Å²) in [7, 11) is -4.05. The number of nitrogens with zero attached hydrogens (tertiary/aromatic N) is 1. The first-order valence-corrected chi connectivity index (χ1v) is 14.5. The van der Waals surface area contributed by atoms with Crippen LogP contribution in [0.4, 0.5) is 11.4 Å². The fraction of sp³-hybridized carbons (Fsp3) is 0.107. The normalized spacial score (nSPS) is 11.2. The molecule has 0 radical (unpaired) electrons. The van der Waals surface area contributed by atoms with Crippen LogP contribution in [-0.2, 0) is 20.6 Å². The smallest absolute Gasteiger partial charge is 0.264 e. The number of halogens is 2. The van der Waals surface area contributed by atoms with Crippen LogP contribution in [0.15, 0.2) is 107 Å². The lowest BCUT2D eigenvalue weighted by molar-refractivity contribution is -0.114. The summed E-state index contributed by atoms with van der Waals surface area (Å²) >= 11 is 13.9. The predicted molar refractivity (Wildman–Crippen MR) is 153 cm³/mol. The van der Waals surface area contributed by atoms with Crippen LogP contribution in [0.2, 0.25) is 10.0 Å². The van der Waals surface area contributed by atoms with E-state index in [9.17, 15) is 13.2 Å². The van der Waals surface area contributed by atoms with Crippen molar-refractivity contribution < 1.29 is 13.2 Å². The van der Waals surface area contributed by atoms with E-state index in [4.69, 9.17) is 23.2 Å². The Bertz CT molecular complexity index is 1500. The maximum atomic E-state index is 13.5. The molecule has 4 rings (SSSR count). The Morgan fingerprint density at radius 2 is 1.54 bits per heavy atom. The van der Waals surface area contributed by atoms with Gasteiger partial charge in [-0.05, 0) is 66.6 Å². The summed E-state index contributed by atoms with van der Waals surface area (Å²) < 4.78 is 28.0. The average Bonchev–Trinajstić information content (AvgIpc) is 2.90. The molecule has 0 atom stereocenters. The first kappa shape index (κ1) is 27.1. The molecule has 37 heavy (non-hydrogen) atoms. The van der Waals surface area contributed by atoms with Gasteiger partial charge in [0.2, 0.25) is 5.91 Å². The van der Waals surface area contributed by atoms with Gasteiger partial charge in [-0.25, -0.2) is 8.42 Å². The molecule has 0 aliphatic rings. The highest BCUT2D eigenvalue weighted by atomic mass is 35.5. The minimum absolute atomic E-state index is 0.0605. The Morgan fingerprint density at radius 3 is 2.19 bits per heavy atom. The lowest BCUT2D eigenvalue weighted by atomic mass is 10.1. The molecule has 4 aromatic carbocycles. The van der Waals surface area contributed by atoms with Crippen molar-refractivity contribution in [3.63, 3.8) is 0 Å². The number of carbonyl (C=O) groups is 1. The molecule has 0 aliphatic heterocycles. The van der Waals surface area contributed by atoms with E-state index in [0.717, 1.165) is 21.2 Å². The third kappa shape index (κ3) is 6.87. The third-order valence-electron chi connectivity index (χ3n) is 5.52. The number of sulfonamides is 1. The van der Waals surface area contributed by atoms with Crippen LogP contribution in [0.25, 0.3) is 0 Å². The zero-order chi connectivity index (χ0) is 26.4. The summed E-state index contributed by atoms with van der Waals surface area (Å²) in [5, 5.41) is 3.32. The molecular formula is C28H24Cl2N2O3S2. The van der Waals surface area contributed by atoms with Gasteiger partial charge < -0.3 is 5.32 Å². The zero-order valence-electron chi connectivity index (χ0n) is 19.9. The number of rotatable bonds is 9. The third-order valence-corrected chi connectivity index (χ3v) is 9.13. The number of carbonyl (C=O) groups excluding carboxylic acids is 1. The second-order valence-electron chi connectivity index (χ2n) is 8.22. The Morgan fingerprint density at radius 1 is 0.865 bits per heavy atom. The number of hydrogen-bond donors (Lipinski definition) is 1. The van der Waals surface area contributed by atoms with Crippen LogP contribution in [-0.4, -0.2) is 20.9 Å². The number of thioether (sulfide) groups is 1. The second kappa shape index (κ2) is 12.0. The van der Waals surface area contributed by atoms with Crippen molar-refractivity contribution >= 4 is 62.3 Å². The molecule has 0 fully saturated rings. The quantitative estimate of drug-likeness (QED) is 0.212. The molecule has 0 unspecified atom stereocenters. The van der Waals surface area contributed by atoms with Gasteiger partial charge in [0.25, 0.3) is 10.0 Å². The van der Waals surface area contributed by atoms with Crippen LogP contribution < -0.4 is 9.62 Å². The van der Waals surface area contributed by atoms with Gasteiger partial charge in [-0.2, -0.15) is 0 Å². The summed E-state index contributed by atoms with van der Waals surface area (Å²) in [4.78, 5) is 14.3. The van der Waals surface area contributed by atoms with E-state index in [2.05, 4.69) is 17.4 Å². The molecule has 1 amide bonds. The van der Waals surface area contributed by atoms with Crippen molar-refractivity contribution in [1.29, 1.82) is 0 Å². The molecule has 4 aromatic rings. The zero-order valence-corrected chi connectivity index (χ0v) is 23.0. The van der Waals surface area contributed by atoms with Crippen LogP contribution >= 0.6 is 35.0 Å². The van der Waals surface area contributed by atoms with Crippen molar-refractivity contribution in [2.24, 2.45) is 0 Å². The van der Waals surface area contributed by atoms with Gasteiger partial charge in [0.05, 0.1) is 20.6 Å². The molecule has 0 aromatic heterocycles. The van der Waals surface area contributed by atoms with Crippen molar-refractivity contribution in [2.75, 3.05) is 16.2 Å². The molecule has 0 bridgehead atoms. The Labute approximate surface area is 231 Å². The van der Waals surface area contributed by atoms with Gasteiger partial charge in [0.15, 0.2) is 0 Å². The van der Waals surface area contributed by atoms with E-state index >= 15 is 0 Å². The molecule has 1 N–H and O–H groups in total. The molecule has 0 saturated carbocycles. The Balaban J connectivity index is 1.53. The monoisotopic (exact) mass is 570 g/mol. The van der Waals surface area contributed by atoms with E-state index in [1.54, 1.807) is 30.0 Å². The lowest BCUT2D eigenvalue weighted by Crippen LogP contribution is -2.38. The highest BCUT2D eigenvalue weighted by Crippen LogP contribution is 2.31. The molecular weight excluding hydrogens is 547 g/mol. The van der Waals surface area contributed by atoms with E-state index in [1.807, 2.05) is 43.3 Å². The number of nitrogens with one attached hydrogen (secondary N) is 1. The lowest BCUT2D eigenvalue weighted by Gasteiger charge is -2.24. The maximum Gasteiger partial charge on any atom is 0.264 e. The minimum atomic E-state index is -4.05. The fourth-order valence-corrected chi connectivity index (χ4v) is 6.22. The van der Waals surface area contributed by atoms with Crippen LogP contribution in [0, 0.1) is 6.92 Å². The van der Waals surface area contributed by atoms with E-state index in [-0.39, 0.29) is 20.6 Å².